The molecular weight excluding hydrogens is 889 g/mol. The van der Waals surface area contributed by atoms with E-state index >= 15 is 0 Å². The molecule has 2 heterocycles. The number of hydrogen-bond acceptors (Lipinski definition) is 2. The first-order valence-corrected chi connectivity index (χ1v) is 23.3. The molecule has 3 nitrogen and oxygen atoms in total. The number of anilines is 6. The number of aryl methyl sites for hydroxylation is 4. The Balaban J connectivity index is 1.02. The van der Waals surface area contributed by atoms with E-state index in [2.05, 4.69) is 103 Å². The highest BCUT2D eigenvalue weighted by Crippen LogP contribution is 2.53. The fourth-order valence-corrected chi connectivity index (χ4v) is 11.0. The number of halogens is 6. The van der Waals surface area contributed by atoms with Crippen LogP contribution in [0.2, 0.25) is 0 Å². The molecule has 9 heteroatoms. The third-order valence-electron chi connectivity index (χ3n) is 15.0. The lowest BCUT2D eigenvalue weighted by Crippen LogP contribution is -2.17. The van der Waals surface area contributed by atoms with Crippen molar-refractivity contribution >= 4 is 83.0 Å². The van der Waals surface area contributed by atoms with Gasteiger partial charge in [-0.05, 0) is 198 Å². The second kappa shape index (κ2) is 15.1. The smallest absolute Gasteiger partial charge is 0.310 e. The first-order valence-electron chi connectivity index (χ1n) is 23.3. The SMILES string of the molecule is Cc1ccc(N(c2ccc(C(F)(F)F)cc2)c2ccc3c(c2)C(C)(C)c2cc4ccc5c(c4cc2-3)c2cccc3c4ccc(N(c6ccc(C(F)(F)F)cc6)c6ccc(C)c(C)c6)cc4n5c32)cc1C. The predicted molar refractivity (Wildman–Crippen MR) is 274 cm³/mol. The molecule has 0 atom stereocenters. The molecule has 0 spiro atoms. The fourth-order valence-electron chi connectivity index (χ4n) is 11.0. The molecule has 1 aliphatic rings. The Labute approximate surface area is 400 Å². The Kier molecular flexibility index (Phi) is 9.39. The van der Waals surface area contributed by atoms with Crippen molar-refractivity contribution in [3.05, 3.63) is 208 Å². The van der Waals surface area contributed by atoms with Crippen LogP contribution in [0.25, 0.3) is 60.0 Å². The standard InChI is InChI=1S/C61H45F6N3/c1-34-10-17-43(28-36(34)3)68(41-19-13-39(14-20-41)60(62,63)64)45-23-25-47-52-33-51-38(30-53(52)59(5,6)54(47)31-45)12-27-55-57(51)50-9-7-8-49-48-26-24-46(32-56(48)70(55)58(49)50)69(44-18-11-35(2)37(4)29-44)42-21-15-40(16-22-42)61(65,66)67/h7-33H,1-6H3. The van der Waals surface area contributed by atoms with Crippen LogP contribution < -0.4 is 9.80 Å². The van der Waals surface area contributed by atoms with Crippen LogP contribution in [0.15, 0.2) is 164 Å². The summed E-state index contributed by atoms with van der Waals surface area (Å²) in [4.78, 5) is 4.05. The third-order valence-corrected chi connectivity index (χ3v) is 15.0. The maximum atomic E-state index is 13.8. The molecule has 346 valence electrons. The van der Waals surface area contributed by atoms with Gasteiger partial charge in [-0.3, -0.25) is 0 Å². The lowest BCUT2D eigenvalue weighted by molar-refractivity contribution is -0.138. The molecule has 0 N–H and O–H groups in total. The Morgan fingerprint density at radius 2 is 0.900 bits per heavy atom. The summed E-state index contributed by atoms with van der Waals surface area (Å²) in [6.07, 6.45) is -8.91. The third kappa shape index (κ3) is 6.58. The van der Waals surface area contributed by atoms with Gasteiger partial charge in [0.1, 0.15) is 0 Å². The van der Waals surface area contributed by atoms with Gasteiger partial charge < -0.3 is 14.2 Å². The average molecular weight is 934 g/mol. The van der Waals surface area contributed by atoms with Gasteiger partial charge >= 0.3 is 12.4 Å². The molecule has 0 saturated carbocycles. The van der Waals surface area contributed by atoms with Crippen LogP contribution in [0, 0.1) is 27.7 Å². The number of alkyl halides is 6. The summed E-state index contributed by atoms with van der Waals surface area (Å²) in [6, 6.07) is 51.2. The molecule has 0 aliphatic heterocycles. The molecular formula is C61H45F6N3. The molecule has 0 bridgehead atoms. The van der Waals surface area contributed by atoms with E-state index in [1.54, 1.807) is 12.1 Å². The van der Waals surface area contributed by atoms with Crippen molar-refractivity contribution in [2.24, 2.45) is 0 Å². The van der Waals surface area contributed by atoms with E-state index < -0.39 is 28.9 Å². The predicted octanol–water partition coefficient (Wildman–Crippen LogP) is 18.5. The zero-order chi connectivity index (χ0) is 48.8. The second-order valence-electron chi connectivity index (χ2n) is 19.5. The minimum absolute atomic E-state index is 0.407. The van der Waals surface area contributed by atoms with Crippen molar-refractivity contribution in [1.29, 1.82) is 0 Å². The largest absolute Gasteiger partial charge is 0.416 e. The van der Waals surface area contributed by atoms with E-state index in [0.717, 1.165) is 135 Å². The van der Waals surface area contributed by atoms with Crippen molar-refractivity contribution in [2.45, 2.75) is 59.3 Å². The fraction of sp³-hybridized carbons (Fsp3) is 0.148. The van der Waals surface area contributed by atoms with Crippen molar-refractivity contribution in [1.82, 2.24) is 4.40 Å². The van der Waals surface area contributed by atoms with Crippen LogP contribution in [0.1, 0.15) is 58.4 Å². The highest BCUT2D eigenvalue weighted by Gasteiger charge is 2.37. The molecule has 1 aliphatic carbocycles. The van der Waals surface area contributed by atoms with Crippen LogP contribution in [0.3, 0.4) is 0 Å². The Bertz CT molecular complexity index is 3930. The van der Waals surface area contributed by atoms with Gasteiger partial charge in [0.25, 0.3) is 0 Å². The van der Waals surface area contributed by atoms with E-state index in [0.29, 0.717) is 11.4 Å². The number of aromatic nitrogens is 1. The maximum absolute atomic E-state index is 13.8. The average Bonchev–Trinajstić information content (AvgIpc) is 3.93. The van der Waals surface area contributed by atoms with Crippen LogP contribution in [0.4, 0.5) is 60.5 Å². The van der Waals surface area contributed by atoms with E-state index in [9.17, 15) is 26.3 Å². The van der Waals surface area contributed by atoms with E-state index in [1.165, 1.54) is 17.7 Å². The molecule has 2 aromatic heterocycles. The van der Waals surface area contributed by atoms with E-state index in [-0.39, 0.29) is 0 Å². The molecule has 70 heavy (non-hydrogen) atoms. The summed E-state index contributed by atoms with van der Waals surface area (Å²) in [5, 5.41) is 6.66. The zero-order valence-corrected chi connectivity index (χ0v) is 39.2. The molecule has 9 aromatic carbocycles. The number of hydrogen-bond donors (Lipinski definition) is 0. The molecule has 11 aromatic rings. The van der Waals surface area contributed by atoms with Crippen LogP contribution in [0.5, 0.6) is 0 Å². The first kappa shape index (κ1) is 43.5. The molecule has 12 rings (SSSR count). The summed E-state index contributed by atoms with van der Waals surface area (Å²) in [5.74, 6) is 0. The summed E-state index contributed by atoms with van der Waals surface area (Å²) >= 11 is 0. The van der Waals surface area contributed by atoms with Gasteiger partial charge in [-0.1, -0.05) is 62.4 Å². The van der Waals surface area contributed by atoms with Crippen molar-refractivity contribution in [2.75, 3.05) is 9.80 Å². The Hall–Kier alpha value is -7.78. The van der Waals surface area contributed by atoms with Crippen molar-refractivity contribution < 1.29 is 26.3 Å². The number of nitrogens with zero attached hydrogens (tertiary/aromatic N) is 3. The Morgan fingerprint density at radius 1 is 0.400 bits per heavy atom. The van der Waals surface area contributed by atoms with Crippen molar-refractivity contribution in [3.8, 4) is 11.1 Å². The summed E-state index contributed by atoms with van der Waals surface area (Å²) in [5.41, 5.74) is 14.9. The summed E-state index contributed by atoms with van der Waals surface area (Å²) in [7, 11) is 0. The Morgan fingerprint density at radius 3 is 1.47 bits per heavy atom. The number of rotatable bonds is 6. The minimum Gasteiger partial charge on any atom is -0.310 e. The van der Waals surface area contributed by atoms with E-state index in [1.807, 2.05) is 67.8 Å². The van der Waals surface area contributed by atoms with Crippen LogP contribution in [-0.4, -0.2) is 4.40 Å². The highest BCUT2D eigenvalue weighted by atomic mass is 19.4. The number of benzene rings is 9. The van der Waals surface area contributed by atoms with Gasteiger partial charge in [0.05, 0.1) is 27.7 Å². The second-order valence-corrected chi connectivity index (χ2v) is 19.5. The summed E-state index contributed by atoms with van der Waals surface area (Å²) < 4.78 is 84.9. The molecule has 0 unspecified atom stereocenters. The first-order chi connectivity index (χ1) is 33.4. The number of para-hydroxylation sites is 1. The van der Waals surface area contributed by atoms with E-state index in [4.69, 9.17) is 0 Å². The van der Waals surface area contributed by atoms with Gasteiger partial charge in [0.2, 0.25) is 0 Å². The molecule has 0 amide bonds. The van der Waals surface area contributed by atoms with Gasteiger partial charge in [-0.15, -0.1) is 0 Å². The normalized spacial score (nSPS) is 13.5. The van der Waals surface area contributed by atoms with Gasteiger partial charge in [-0.25, -0.2) is 0 Å². The van der Waals surface area contributed by atoms with Gasteiger partial charge in [0.15, 0.2) is 0 Å². The highest BCUT2D eigenvalue weighted by molar-refractivity contribution is 6.29. The van der Waals surface area contributed by atoms with Crippen LogP contribution >= 0.6 is 0 Å². The lowest BCUT2D eigenvalue weighted by atomic mass is 9.81. The van der Waals surface area contributed by atoms with Gasteiger partial charge in [-0.2, -0.15) is 26.3 Å². The quantitative estimate of drug-likeness (QED) is 0.154. The zero-order valence-electron chi connectivity index (χ0n) is 39.2. The van der Waals surface area contributed by atoms with Crippen LogP contribution in [-0.2, 0) is 17.8 Å². The maximum Gasteiger partial charge on any atom is 0.416 e. The lowest BCUT2D eigenvalue weighted by Gasteiger charge is -2.28. The number of fused-ring (bicyclic) bond motifs is 11. The molecule has 0 fully saturated rings. The molecule has 0 radical (unpaired) electrons. The monoisotopic (exact) mass is 933 g/mol. The minimum atomic E-state index is -4.46. The van der Waals surface area contributed by atoms with Crippen molar-refractivity contribution in [3.63, 3.8) is 0 Å². The van der Waals surface area contributed by atoms with Gasteiger partial charge in [0, 0.05) is 61.1 Å². The summed E-state index contributed by atoms with van der Waals surface area (Å²) in [6.45, 7) is 12.6. The molecule has 0 saturated heterocycles. The topological polar surface area (TPSA) is 10.9 Å².